The first-order valence-electron chi connectivity index (χ1n) is 10.1. The van der Waals surface area contributed by atoms with E-state index >= 15 is 0 Å². The first-order chi connectivity index (χ1) is 16.7. The molecule has 2 aromatic carbocycles. The van der Waals surface area contributed by atoms with Crippen LogP contribution in [0.25, 0.3) is 0 Å². The minimum atomic E-state index is -5.64. The molecule has 4 unspecified atom stereocenters. The van der Waals surface area contributed by atoms with Gasteiger partial charge in [-0.3, -0.25) is 9.35 Å². The third-order valence-electron chi connectivity index (χ3n) is 6.21. The summed E-state index contributed by atoms with van der Waals surface area (Å²) in [6.07, 6.45) is 0.278. The Labute approximate surface area is 226 Å². The molecule has 7 nitrogen and oxygen atoms in total. The zero-order valence-corrected chi connectivity index (χ0v) is 23.1. The lowest BCUT2D eigenvalue weighted by atomic mass is 9.87. The summed E-state index contributed by atoms with van der Waals surface area (Å²) in [5.41, 5.74) is 0.264. The normalized spacial score (nSPS) is 23.1. The van der Waals surface area contributed by atoms with Crippen molar-refractivity contribution in [2.24, 2.45) is 17.8 Å². The first kappa shape index (κ1) is 27.5. The Hall–Kier alpha value is -1.55. The number of halogens is 7. The molecule has 15 heteroatoms. The minimum absolute atomic E-state index is 0.126. The molecule has 2 saturated carbocycles. The predicted molar refractivity (Wildman–Crippen MR) is 125 cm³/mol. The highest BCUT2D eigenvalue weighted by Crippen LogP contribution is 2.50. The number of hydrogen-bond donors (Lipinski definition) is 1. The zero-order chi connectivity index (χ0) is 26.7. The number of carbonyl (C=O) groups is 2. The number of hydrogen-bond acceptors (Lipinski definition) is 6. The molecule has 0 amide bonds. The van der Waals surface area contributed by atoms with Gasteiger partial charge >= 0.3 is 22.1 Å². The Morgan fingerprint density at radius 3 is 1.92 bits per heavy atom. The van der Waals surface area contributed by atoms with Gasteiger partial charge in [-0.15, -0.1) is 0 Å². The number of rotatable bonds is 5. The summed E-state index contributed by atoms with van der Waals surface area (Å²) in [5.74, 6) is -14.5. The maximum atomic E-state index is 14.2. The summed E-state index contributed by atoms with van der Waals surface area (Å²) >= 11 is 9.91. The van der Waals surface area contributed by atoms with E-state index in [-0.39, 0.29) is 24.3 Å². The number of ether oxygens (including phenoxy) is 2. The van der Waals surface area contributed by atoms with E-state index in [9.17, 15) is 35.6 Å². The van der Waals surface area contributed by atoms with Crippen molar-refractivity contribution in [3.8, 4) is 5.75 Å². The molecule has 0 aromatic heterocycles. The van der Waals surface area contributed by atoms with Crippen molar-refractivity contribution in [1.29, 1.82) is 0 Å². The molecule has 2 aliphatic carbocycles. The topological polar surface area (TPSA) is 107 Å². The first-order valence-corrected chi connectivity index (χ1v) is 13.9. The van der Waals surface area contributed by atoms with Crippen molar-refractivity contribution < 1.29 is 49.6 Å². The molecular formula is C21H13Br3F4O7S. The second-order valence-corrected chi connectivity index (χ2v) is 12.3. The summed E-state index contributed by atoms with van der Waals surface area (Å²) in [6, 6.07) is 3.33. The van der Waals surface area contributed by atoms with Crippen LogP contribution in [0.2, 0.25) is 0 Å². The molecule has 1 N–H and O–H groups in total. The number of esters is 2. The van der Waals surface area contributed by atoms with Crippen molar-refractivity contribution in [1.82, 2.24) is 0 Å². The van der Waals surface area contributed by atoms with Crippen LogP contribution in [0, 0.1) is 41.0 Å². The lowest BCUT2D eigenvalue weighted by Gasteiger charge is -2.27. The van der Waals surface area contributed by atoms with Gasteiger partial charge in [0.25, 0.3) is 0 Å². The maximum absolute atomic E-state index is 14.2. The highest BCUT2D eigenvalue weighted by Gasteiger charge is 2.51. The smallest absolute Gasteiger partial charge is 0.340 e. The van der Waals surface area contributed by atoms with E-state index in [2.05, 4.69) is 52.5 Å². The third-order valence-corrected chi connectivity index (χ3v) is 8.79. The maximum Gasteiger partial charge on any atom is 0.340 e. The van der Waals surface area contributed by atoms with Gasteiger partial charge in [0, 0.05) is 13.4 Å². The standard InChI is InChI=1S/C21H13Br3F4O7S/c22-8-4-10(23)13(11(24)5-8)21(30)34-12-3-6-1-7(12)2-9(6)20(29)35-18-14(25)16(27)19(36(31,32)33)17(28)15(18)26/h4-7,9,12H,1-3H2,(H,31,32,33). The van der Waals surface area contributed by atoms with E-state index in [1.54, 1.807) is 12.1 Å². The Balaban J connectivity index is 1.47. The van der Waals surface area contributed by atoms with Crippen LogP contribution in [0.5, 0.6) is 5.75 Å². The van der Waals surface area contributed by atoms with Crippen LogP contribution in [-0.4, -0.2) is 31.0 Å². The fraction of sp³-hybridized carbons (Fsp3) is 0.333. The Kier molecular flexibility index (Phi) is 7.61. The summed E-state index contributed by atoms with van der Waals surface area (Å²) in [5, 5.41) is 0. The largest absolute Gasteiger partial charge is 0.458 e. The van der Waals surface area contributed by atoms with Gasteiger partial charge in [0.2, 0.25) is 17.4 Å². The molecule has 2 bridgehead atoms. The molecule has 2 aliphatic rings. The molecule has 4 rings (SSSR count). The van der Waals surface area contributed by atoms with Crippen LogP contribution in [0.3, 0.4) is 0 Å². The van der Waals surface area contributed by atoms with Crippen molar-refractivity contribution >= 4 is 69.8 Å². The molecule has 0 spiro atoms. The zero-order valence-electron chi connectivity index (χ0n) is 17.5. The van der Waals surface area contributed by atoms with Gasteiger partial charge in [-0.2, -0.15) is 17.2 Å². The number of carbonyl (C=O) groups excluding carboxylic acids is 2. The highest BCUT2D eigenvalue weighted by molar-refractivity contribution is 9.11. The van der Waals surface area contributed by atoms with Crippen LogP contribution in [0.1, 0.15) is 29.6 Å². The van der Waals surface area contributed by atoms with Gasteiger partial charge < -0.3 is 9.47 Å². The van der Waals surface area contributed by atoms with Gasteiger partial charge in [-0.05, 0) is 75.1 Å². The second kappa shape index (κ2) is 9.97. The van der Waals surface area contributed by atoms with E-state index in [1.807, 2.05) is 0 Å². The molecule has 0 heterocycles. The molecule has 194 valence electrons. The SMILES string of the molecule is O=C(OC1CC2CC1CC2C(=O)Oc1c(F)c(F)c(S(=O)(=O)O)c(F)c1F)c1c(Br)cc(Br)cc1Br. The van der Waals surface area contributed by atoms with Gasteiger partial charge in [0.1, 0.15) is 6.10 Å². The van der Waals surface area contributed by atoms with Crippen LogP contribution >= 0.6 is 47.8 Å². The van der Waals surface area contributed by atoms with E-state index in [0.717, 1.165) is 4.47 Å². The highest BCUT2D eigenvalue weighted by atomic mass is 79.9. The monoisotopic (exact) mass is 722 g/mol. The molecule has 36 heavy (non-hydrogen) atoms. The van der Waals surface area contributed by atoms with Gasteiger partial charge in [-0.1, -0.05) is 15.9 Å². The van der Waals surface area contributed by atoms with Crippen molar-refractivity contribution in [3.63, 3.8) is 0 Å². The molecular weight excluding hydrogens is 712 g/mol. The summed E-state index contributed by atoms with van der Waals surface area (Å²) in [7, 11) is -5.64. The van der Waals surface area contributed by atoms with Crippen molar-refractivity contribution in [3.05, 3.63) is 54.4 Å². The summed E-state index contributed by atoms with van der Waals surface area (Å²) in [4.78, 5) is 23.1. The Morgan fingerprint density at radius 2 is 1.44 bits per heavy atom. The van der Waals surface area contributed by atoms with Crippen molar-refractivity contribution in [2.75, 3.05) is 0 Å². The van der Waals surface area contributed by atoms with Gasteiger partial charge in [0.15, 0.2) is 16.5 Å². The van der Waals surface area contributed by atoms with Crippen LogP contribution in [-0.2, 0) is 19.6 Å². The average Bonchev–Trinajstić information content (AvgIpc) is 3.34. The van der Waals surface area contributed by atoms with Crippen LogP contribution < -0.4 is 4.74 Å². The van der Waals surface area contributed by atoms with Crippen molar-refractivity contribution in [2.45, 2.75) is 30.3 Å². The molecule has 0 radical (unpaired) electrons. The van der Waals surface area contributed by atoms with Crippen LogP contribution in [0.15, 0.2) is 30.4 Å². The van der Waals surface area contributed by atoms with Gasteiger partial charge in [0.05, 0.1) is 11.5 Å². The molecule has 2 fully saturated rings. The molecule has 0 saturated heterocycles. The van der Waals surface area contributed by atoms with E-state index in [0.29, 0.717) is 15.4 Å². The quantitative estimate of drug-likeness (QED) is 0.134. The lowest BCUT2D eigenvalue weighted by Crippen LogP contribution is -2.33. The predicted octanol–water partition coefficient (Wildman–Crippen LogP) is 5.95. The van der Waals surface area contributed by atoms with E-state index in [1.165, 1.54) is 0 Å². The Morgan fingerprint density at radius 1 is 0.889 bits per heavy atom. The number of benzene rings is 2. The summed E-state index contributed by atoms with van der Waals surface area (Å²) in [6.45, 7) is 0. The second-order valence-electron chi connectivity index (χ2n) is 8.33. The number of fused-ring (bicyclic) bond motifs is 2. The average molecular weight is 725 g/mol. The molecule has 0 aliphatic heterocycles. The summed E-state index contributed by atoms with van der Waals surface area (Å²) < 4.78 is 99.3. The van der Waals surface area contributed by atoms with E-state index in [4.69, 9.17) is 9.29 Å². The van der Waals surface area contributed by atoms with E-state index < -0.39 is 73.9 Å². The third kappa shape index (κ3) is 4.96. The lowest BCUT2D eigenvalue weighted by molar-refractivity contribution is -0.141. The molecule has 4 atom stereocenters. The minimum Gasteiger partial charge on any atom is -0.458 e. The van der Waals surface area contributed by atoms with Crippen LogP contribution in [0.4, 0.5) is 17.6 Å². The Bertz CT molecular complexity index is 1350. The molecule has 2 aromatic rings. The van der Waals surface area contributed by atoms with Gasteiger partial charge in [-0.25, -0.2) is 13.6 Å². The fourth-order valence-corrected chi connectivity index (χ4v) is 7.89. The fourth-order valence-electron chi connectivity index (χ4n) is 4.67.